The molecule has 0 fully saturated rings. The van der Waals surface area contributed by atoms with E-state index in [9.17, 15) is 0 Å². The largest absolute Gasteiger partial charge is 0.369 e. The van der Waals surface area contributed by atoms with Gasteiger partial charge < -0.3 is 5.32 Å². The lowest BCUT2D eigenvalue weighted by Gasteiger charge is -2.08. The van der Waals surface area contributed by atoms with Gasteiger partial charge in [-0.25, -0.2) is 9.97 Å². The summed E-state index contributed by atoms with van der Waals surface area (Å²) in [4.78, 5) is 9.00. The lowest BCUT2D eigenvalue weighted by molar-refractivity contribution is 1.10. The first-order valence-corrected chi connectivity index (χ1v) is 7.03. The van der Waals surface area contributed by atoms with E-state index in [1.165, 1.54) is 11.1 Å². The van der Waals surface area contributed by atoms with Crippen molar-refractivity contribution < 1.29 is 0 Å². The van der Waals surface area contributed by atoms with Crippen LogP contribution in [0.5, 0.6) is 0 Å². The van der Waals surface area contributed by atoms with Crippen LogP contribution < -0.4 is 5.32 Å². The second-order valence-corrected chi connectivity index (χ2v) is 5.46. The monoisotopic (exact) mass is 353 g/mol. The van der Waals surface area contributed by atoms with E-state index in [-0.39, 0.29) is 0 Å². The van der Waals surface area contributed by atoms with E-state index in [0.29, 0.717) is 0 Å². The molecule has 4 heteroatoms. The molecule has 0 saturated carbocycles. The first kappa shape index (κ1) is 13.3. The molecule has 2 aromatic rings. The zero-order chi connectivity index (χ0) is 13.1. The molecule has 0 aliphatic carbocycles. The fourth-order valence-corrected chi connectivity index (χ4v) is 2.35. The van der Waals surface area contributed by atoms with Crippen molar-refractivity contribution in [2.75, 3.05) is 11.9 Å². The van der Waals surface area contributed by atoms with Crippen LogP contribution in [0, 0.1) is 17.4 Å². The van der Waals surface area contributed by atoms with Gasteiger partial charge in [-0.15, -0.1) is 0 Å². The number of nitrogens with zero attached hydrogens (tertiary/aromatic N) is 2. The lowest BCUT2D eigenvalue weighted by atomic mass is 10.1. The van der Waals surface area contributed by atoms with Gasteiger partial charge in [-0.2, -0.15) is 0 Å². The highest BCUT2D eigenvalue weighted by atomic mass is 127. The average Bonchev–Trinajstić information content (AvgIpc) is 2.31. The molecule has 0 radical (unpaired) electrons. The van der Waals surface area contributed by atoms with Gasteiger partial charge in [0, 0.05) is 18.3 Å². The molecular formula is C14H16IN3. The minimum atomic E-state index is 0.776. The van der Waals surface area contributed by atoms with Crippen LogP contribution in [0.3, 0.4) is 0 Å². The summed E-state index contributed by atoms with van der Waals surface area (Å²) >= 11 is 2.25. The van der Waals surface area contributed by atoms with Crippen molar-refractivity contribution in [2.24, 2.45) is 0 Å². The summed E-state index contributed by atoms with van der Waals surface area (Å²) in [6.07, 6.45) is 1.86. The number of aromatic nitrogens is 2. The molecule has 3 nitrogen and oxygen atoms in total. The number of anilines is 1. The molecule has 1 N–H and O–H groups in total. The molecule has 0 spiro atoms. The number of halogens is 1. The molecule has 0 saturated heterocycles. The Labute approximate surface area is 121 Å². The Hall–Kier alpha value is -1.17. The predicted octanol–water partition coefficient (Wildman–Crippen LogP) is 3.80. The van der Waals surface area contributed by atoms with Gasteiger partial charge >= 0.3 is 0 Å². The second kappa shape index (κ2) is 5.65. The van der Waals surface area contributed by atoms with Crippen molar-refractivity contribution in [3.05, 3.63) is 39.1 Å². The molecule has 0 unspecified atom stereocenters. The Morgan fingerprint density at radius 2 is 1.83 bits per heavy atom. The van der Waals surface area contributed by atoms with E-state index in [1.54, 1.807) is 0 Å². The average molecular weight is 353 g/mol. The molecule has 0 aliphatic rings. The van der Waals surface area contributed by atoms with Gasteiger partial charge in [-0.3, -0.25) is 0 Å². The van der Waals surface area contributed by atoms with E-state index < -0.39 is 0 Å². The molecule has 1 aromatic heterocycles. The van der Waals surface area contributed by atoms with E-state index in [1.807, 2.05) is 6.20 Å². The van der Waals surface area contributed by atoms with Crippen LogP contribution in [0.15, 0.2) is 24.4 Å². The number of nitrogens with one attached hydrogen (secondary N) is 1. The minimum Gasteiger partial charge on any atom is -0.369 e. The molecular weight excluding hydrogens is 337 g/mol. The van der Waals surface area contributed by atoms with Crippen LogP contribution in [0.25, 0.3) is 11.4 Å². The van der Waals surface area contributed by atoms with E-state index in [0.717, 1.165) is 27.3 Å². The molecule has 0 amide bonds. The van der Waals surface area contributed by atoms with Gasteiger partial charge in [0.2, 0.25) is 0 Å². The van der Waals surface area contributed by atoms with Crippen LogP contribution in [0.2, 0.25) is 0 Å². The third-order valence-electron chi connectivity index (χ3n) is 2.57. The summed E-state index contributed by atoms with van der Waals surface area (Å²) in [5.74, 6) is 1.68. The Morgan fingerprint density at radius 1 is 1.17 bits per heavy atom. The summed E-state index contributed by atoms with van der Waals surface area (Å²) in [7, 11) is 0. The van der Waals surface area contributed by atoms with Gasteiger partial charge in [0.25, 0.3) is 0 Å². The molecule has 1 aromatic carbocycles. The highest BCUT2D eigenvalue weighted by molar-refractivity contribution is 14.1. The van der Waals surface area contributed by atoms with E-state index in [4.69, 9.17) is 0 Å². The summed E-state index contributed by atoms with van der Waals surface area (Å²) in [5.41, 5.74) is 3.54. The minimum absolute atomic E-state index is 0.776. The smallest absolute Gasteiger partial charge is 0.161 e. The van der Waals surface area contributed by atoms with Crippen LogP contribution >= 0.6 is 22.6 Å². The second-order valence-electron chi connectivity index (χ2n) is 4.30. The van der Waals surface area contributed by atoms with Crippen molar-refractivity contribution in [2.45, 2.75) is 20.8 Å². The summed E-state index contributed by atoms with van der Waals surface area (Å²) in [6.45, 7) is 7.11. The Balaban J connectivity index is 2.47. The van der Waals surface area contributed by atoms with Crippen LogP contribution in [-0.2, 0) is 0 Å². The molecule has 94 valence electrons. The quantitative estimate of drug-likeness (QED) is 0.853. The predicted molar refractivity (Wildman–Crippen MR) is 83.8 cm³/mol. The van der Waals surface area contributed by atoms with E-state index >= 15 is 0 Å². The standard InChI is InChI=1S/C14H16IN3/c1-4-16-14-12(15)8-17-13(18-14)11-6-9(2)5-10(3)7-11/h5-8H,4H2,1-3H3,(H,16,17,18). The first-order valence-electron chi connectivity index (χ1n) is 5.95. The molecule has 2 rings (SSSR count). The van der Waals surface area contributed by atoms with Crippen molar-refractivity contribution in [1.29, 1.82) is 0 Å². The SMILES string of the molecule is CCNc1nc(-c2cc(C)cc(C)c2)ncc1I. The maximum atomic E-state index is 4.58. The molecule has 0 atom stereocenters. The fraction of sp³-hybridized carbons (Fsp3) is 0.286. The van der Waals surface area contributed by atoms with Gasteiger partial charge in [0.05, 0.1) is 3.57 Å². The van der Waals surface area contributed by atoms with Crippen molar-refractivity contribution in [1.82, 2.24) is 9.97 Å². The van der Waals surface area contributed by atoms with Gasteiger partial charge in [-0.05, 0) is 55.5 Å². The number of hydrogen-bond donors (Lipinski definition) is 1. The number of hydrogen-bond acceptors (Lipinski definition) is 3. The molecule has 0 bridgehead atoms. The lowest BCUT2D eigenvalue weighted by Crippen LogP contribution is -2.03. The summed E-state index contributed by atoms with van der Waals surface area (Å²) in [6, 6.07) is 6.39. The van der Waals surface area contributed by atoms with Crippen molar-refractivity contribution in [3.8, 4) is 11.4 Å². The van der Waals surface area contributed by atoms with Crippen LogP contribution in [0.1, 0.15) is 18.1 Å². The Bertz CT molecular complexity index is 547. The fourth-order valence-electron chi connectivity index (χ4n) is 1.90. The maximum absolute atomic E-state index is 4.58. The number of rotatable bonds is 3. The number of benzene rings is 1. The first-order chi connectivity index (χ1) is 8.60. The zero-order valence-electron chi connectivity index (χ0n) is 10.8. The number of aryl methyl sites for hydroxylation is 2. The molecule has 0 aliphatic heterocycles. The zero-order valence-corrected chi connectivity index (χ0v) is 12.9. The highest BCUT2D eigenvalue weighted by Crippen LogP contribution is 2.22. The summed E-state index contributed by atoms with van der Waals surface area (Å²) < 4.78 is 1.04. The van der Waals surface area contributed by atoms with Crippen LogP contribution in [0.4, 0.5) is 5.82 Å². The summed E-state index contributed by atoms with van der Waals surface area (Å²) in [5, 5.41) is 3.26. The van der Waals surface area contributed by atoms with Gasteiger partial charge in [-0.1, -0.05) is 17.2 Å². The van der Waals surface area contributed by atoms with Gasteiger partial charge in [0.1, 0.15) is 5.82 Å². The third kappa shape index (κ3) is 2.98. The Morgan fingerprint density at radius 3 is 2.44 bits per heavy atom. The Kier molecular flexibility index (Phi) is 4.16. The van der Waals surface area contributed by atoms with Gasteiger partial charge in [0.15, 0.2) is 5.82 Å². The maximum Gasteiger partial charge on any atom is 0.161 e. The third-order valence-corrected chi connectivity index (χ3v) is 3.36. The van der Waals surface area contributed by atoms with Crippen molar-refractivity contribution >= 4 is 28.4 Å². The van der Waals surface area contributed by atoms with Crippen LogP contribution in [-0.4, -0.2) is 16.5 Å². The van der Waals surface area contributed by atoms with Crippen molar-refractivity contribution in [3.63, 3.8) is 0 Å². The molecule has 1 heterocycles. The molecule has 18 heavy (non-hydrogen) atoms. The highest BCUT2D eigenvalue weighted by Gasteiger charge is 2.07. The normalized spacial score (nSPS) is 10.4. The topological polar surface area (TPSA) is 37.8 Å². The van der Waals surface area contributed by atoms with E-state index in [2.05, 4.69) is 76.8 Å².